The van der Waals surface area contributed by atoms with Crippen molar-refractivity contribution in [2.45, 2.75) is 31.5 Å². The second-order valence-electron chi connectivity index (χ2n) is 6.47. The zero-order chi connectivity index (χ0) is 18.2. The van der Waals surface area contributed by atoms with E-state index in [1.54, 1.807) is 9.80 Å². The van der Waals surface area contributed by atoms with Gasteiger partial charge in [0.25, 0.3) is 0 Å². The van der Waals surface area contributed by atoms with E-state index in [2.05, 4.69) is 0 Å². The number of ether oxygens (including phenoxy) is 1. The molecule has 0 N–H and O–H groups in total. The Morgan fingerprint density at radius 1 is 1.24 bits per heavy atom. The van der Waals surface area contributed by atoms with Gasteiger partial charge in [-0.3, -0.25) is 9.69 Å². The lowest BCUT2D eigenvalue weighted by Gasteiger charge is -2.44. The topological polar surface area (TPSA) is 49.9 Å². The number of cyclic esters (lactones) is 1. The Kier molecular flexibility index (Phi) is 4.38. The monoisotopic (exact) mass is 356 g/mol. The minimum Gasteiger partial charge on any atom is -0.447 e. The zero-order valence-corrected chi connectivity index (χ0v) is 13.8. The molecule has 1 unspecified atom stereocenters. The summed E-state index contributed by atoms with van der Waals surface area (Å²) in [7, 11) is 0. The number of rotatable bonds is 3. The van der Waals surface area contributed by atoms with Gasteiger partial charge >= 0.3 is 12.3 Å². The Morgan fingerprint density at radius 3 is 2.52 bits per heavy atom. The van der Waals surface area contributed by atoms with Crippen molar-refractivity contribution in [1.29, 1.82) is 0 Å². The Balaban J connectivity index is 1.67. The lowest BCUT2D eigenvalue weighted by atomic mass is 9.92. The van der Waals surface area contributed by atoms with Gasteiger partial charge in [-0.15, -0.1) is 0 Å². The van der Waals surface area contributed by atoms with Gasteiger partial charge < -0.3 is 9.64 Å². The van der Waals surface area contributed by atoms with Gasteiger partial charge in [0, 0.05) is 19.6 Å². The number of piperazine rings is 1. The molecule has 5 nitrogen and oxygen atoms in total. The van der Waals surface area contributed by atoms with Crippen LogP contribution in [0.15, 0.2) is 24.3 Å². The third kappa shape index (κ3) is 3.29. The van der Waals surface area contributed by atoms with Gasteiger partial charge in [-0.25, -0.2) is 4.79 Å². The van der Waals surface area contributed by atoms with E-state index in [0.717, 1.165) is 12.1 Å². The number of halogens is 3. The van der Waals surface area contributed by atoms with E-state index in [4.69, 9.17) is 4.74 Å². The molecular formula is C17H19F3N2O3. The molecule has 2 saturated heterocycles. The highest BCUT2D eigenvalue weighted by Crippen LogP contribution is 2.32. The maximum atomic E-state index is 12.6. The molecule has 0 bridgehead atoms. The zero-order valence-electron chi connectivity index (χ0n) is 13.8. The van der Waals surface area contributed by atoms with E-state index in [-0.39, 0.29) is 25.0 Å². The number of alkyl halides is 3. The number of carbonyl (C=O) groups excluding carboxylic acids is 2. The van der Waals surface area contributed by atoms with Crippen LogP contribution >= 0.6 is 0 Å². The lowest BCUT2D eigenvalue weighted by Crippen LogP contribution is -2.62. The summed E-state index contributed by atoms with van der Waals surface area (Å²) in [5.41, 5.74) is -0.695. The van der Waals surface area contributed by atoms with E-state index in [9.17, 15) is 22.8 Å². The molecule has 0 saturated carbocycles. The number of amides is 2. The van der Waals surface area contributed by atoms with Crippen molar-refractivity contribution in [3.8, 4) is 0 Å². The van der Waals surface area contributed by atoms with Crippen molar-refractivity contribution in [3.63, 3.8) is 0 Å². The SMILES string of the molecule is CCC12COC(=O)N1CCN(C(=O)Cc1ccc(C(F)(F)F)cc1)C2. The summed E-state index contributed by atoms with van der Waals surface area (Å²) < 4.78 is 42.9. The van der Waals surface area contributed by atoms with E-state index in [1.165, 1.54) is 12.1 Å². The molecular weight excluding hydrogens is 337 g/mol. The van der Waals surface area contributed by atoms with E-state index >= 15 is 0 Å². The molecule has 2 aliphatic rings. The Hall–Kier alpha value is -2.25. The molecule has 1 aromatic rings. The summed E-state index contributed by atoms with van der Waals surface area (Å²) in [6, 6.07) is 4.62. The van der Waals surface area contributed by atoms with Gasteiger partial charge in [-0.2, -0.15) is 13.2 Å². The van der Waals surface area contributed by atoms with Crippen LogP contribution in [0.5, 0.6) is 0 Å². The molecule has 2 aliphatic heterocycles. The van der Waals surface area contributed by atoms with Crippen molar-refractivity contribution in [1.82, 2.24) is 9.80 Å². The minimum absolute atomic E-state index is 0.0345. The molecule has 2 heterocycles. The number of nitrogens with zero attached hydrogens (tertiary/aromatic N) is 2. The van der Waals surface area contributed by atoms with Crippen LogP contribution < -0.4 is 0 Å². The summed E-state index contributed by atoms with van der Waals surface area (Å²) in [6.45, 7) is 3.39. The van der Waals surface area contributed by atoms with Crippen molar-refractivity contribution in [2.24, 2.45) is 0 Å². The van der Waals surface area contributed by atoms with E-state index < -0.39 is 17.3 Å². The molecule has 1 atom stereocenters. The Labute approximate surface area is 143 Å². The maximum absolute atomic E-state index is 12.6. The summed E-state index contributed by atoms with van der Waals surface area (Å²) in [5, 5.41) is 0. The number of fused-ring (bicyclic) bond motifs is 1. The first kappa shape index (κ1) is 17.6. The van der Waals surface area contributed by atoms with Gasteiger partial charge in [0.2, 0.25) is 5.91 Å². The standard InChI is InChI=1S/C17H19F3N2O3/c1-2-16-10-21(7-8-22(16)15(24)25-11-16)14(23)9-12-3-5-13(6-4-12)17(18,19)20/h3-6H,2,7-11H2,1H3. The largest absolute Gasteiger partial charge is 0.447 e. The van der Waals surface area contributed by atoms with Gasteiger partial charge in [-0.05, 0) is 24.1 Å². The third-order valence-electron chi connectivity index (χ3n) is 4.98. The predicted octanol–water partition coefficient (Wildman–Crippen LogP) is 2.69. The molecule has 136 valence electrons. The molecule has 0 aromatic heterocycles. The average molecular weight is 356 g/mol. The van der Waals surface area contributed by atoms with Crippen molar-refractivity contribution in [2.75, 3.05) is 26.2 Å². The molecule has 0 spiro atoms. The maximum Gasteiger partial charge on any atom is 0.416 e. The summed E-state index contributed by atoms with van der Waals surface area (Å²) in [5.74, 6) is -0.161. The fourth-order valence-corrected chi connectivity index (χ4v) is 3.38. The fraction of sp³-hybridized carbons (Fsp3) is 0.529. The summed E-state index contributed by atoms with van der Waals surface area (Å²) >= 11 is 0. The smallest absolute Gasteiger partial charge is 0.416 e. The first-order valence-electron chi connectivity index (χ1n) is 8.13. The van der Waals surface area contributed by atoms with Crippen LogP contribution in [0.25, 0.3) is 0 Å². The van der Waals surface area contributed by atoms with Crippen LogP contribution in [-0.2, 0) is 22.1 Å². The molecule has 2 fully saturated rings. The van der Waals surface area contributed by atoms with Crippen molar-refractivity contribution in [3.05, 3.63) is 35.4 Å². The molecule has 3 rings (SSSR count). The molecule has 8 heteroatoms. The molecule has 2 amide bonds. The molecule has 25 heavy (non-hydrogen) atoms. The van der Waals surface area contributed by atoms with Crippen molar-refractivity contribution < 1.29 is 27.5 Å². The number of hydrogen-bond acceptors (Lipinski definition) is 3. The molecule has 0 radical (unpaired) electrons. The fourth-order valence-electron chi connectivity index (χ4n) is 3.38. The first-order chi connectivity index (χ1) is 11.7. The normalized spacial score (nSPS) is 23.4. The number of carbonyl (C=O) groups is 2. The first-order valence-corrected chi connectivity index (χ1v) is 8.13. The van der Waals surface area contributed by atoms with Gasteiger partial charge in [0.05, 0.1) is 17.5 Å². The van der Waals surface area contributed by atoms with Gasteiger partial charge in [0.1, 0.15) is 6.61 Å². The average Bonchev–Trinajstić information content (AvgIpc) is 2.91. The van der Waals surface area contributed by atoms with Crippen LogP contribution in [0.3, 0.4) is 0 Å². The Bertz CT molecular complexity index is 675. The Morgan fingerprint density at radius 2 is 1.92 bits per heavy atom. The second kappa shape index (κ2) is 6.24. The van der Waals surface area contributed by atoms with Crippen LogP contribution in [0.4, 0.5) is 18.0 Å². The number of hydrogen-bond donors (Lipinski definition) is 0. The van der Waals surface area contributed by atoms with E-state index in [0.29, 0.717) is 31.6 Å². The number of benzene rings is 1. The van der Waals surface area contributed by atoms with Crippen LogP contribution in [-0.4, -0.2) is 53.6 Å². The summed E-state index contributed by atoms with van der Waals surface area (Å²) in [6.07, 6.45) is -4.03. The summed E-state index contributed by atoms with van der Waals surface area (Å²) in [4.78, 5) is 27.6. The minimum atomic E-state index is -4.39. The lowest BCUT2D eigenvalue weighted by molar-refractivity contribution is -0.137. The third-order valence-corrected chi connectivity index (χ3v) is 4.98. The predicted molar refractivity (Wildman–Crippen MR) is 82.8 cm³/mol. The highest BCUT2D eigenvalue weighted by molar-refractivity contribution is 5.80. The van der Waals surface area contributed by atoms with E-state index in [1.807, 2.05) is 6.92 Å². The van der Waals surface area contributed by atoms with Crippen LogP contribution in [0.2, 0.25) is 0 Å². The van der Waals surface area contributed by atoms with Gasteiger partial charge in [-0.1, -0.05) is 19.1 Å². The quantitative estimate of drug-likeness (QED) is 0.837. The van der Waals surface area contributed by atoms with Gasteiger partial charge in [0.15, 0.2) is 0 Å². The highest BCUT2D eigenvalue weighted by atomic mass is 19.4. The highest BCUT2D eigenvalue weighted by Gasteiger charge is 2.50. The van der Waals surface area contributed by atoms with Crippen LogP contribution in [0.1, 0.15) is 24.5 Å². The van der Waals surface area contributed by atoms with Crippen molar-refractivity contribution >= 4 is 12.0 Å². The van der Waals surface area contributed by atoms with Crippen LogP contribution in [0, 0.1) is 0 Å². The molecule has 0 aliphatic carbocycles. The second-order valence-corrected chi connectivity index (χ2v) is 6.47. The molecule has 1 aromatic carbocycles.